The van der Waals surface area contributed by atoms with E-state index in [-0.39, 0.29) is 11.1 Å². The molecule has 0 saturated carbocycles. The van der Waals surface area contributed by atoms with Gasteiger partial charge in [-0.05, 0) is 71.2 Å². The Morgan fingerprint density at radius 2 is 1.67 bits per heavy atom. The van der Waals surface area contributed by atoms with Crippen molar-refractivity contribution in [2.24, 2.45) is 0 Å². The molecule has 0 aliphatic rings. The first-order valence-corrected chi connectivity index (χ1v) is 12.0. The van der Waals surface area contributed by atoms with Gasteiger partial charge >= 0.3 is 6.09 Å². The van der Waals surface area contributed by atoms with Crippen LogP contribution in [0.2, 0.25) is 10.1 Å². The maximum atomic E-state index is 12.4. The summed E-state index contributed by atoms with van der Waals surface area (Å²) in [5.41, 5.74) is 0.994. The van der Waals surface area contributed by atoms with E-state index in [9.17, 15) is 4.79 Å². The normalized spacial score (nSPS) is 12.4. The Morgan fingerprint density at radius 3 is 2.10 bits per heavy atom. The molecule has 0 fully saturated rings. The predicted octanol–water partition coefficient (Wildman–Crippen LogP) is 5.86. The Balaban J connectivity index is 0.00000263. The molecular formula is C23H40ClNO4Si. The van der Waals surface area contributed by atoms with Crippen LogP contribution in [-0.4, -0.2) is 39.2 Å². The topological polar surface area (TPSA) is 55.8 Å². The van der Waals surface area contributed by atoms with Crippen LogP contribution in [0.25, 0.3) is 0 Å². The van der Waals surface area contributed by atoms with Crippen LogP contribution in [0, 0.1) is 0 Å². The summed E-state index contributed by atoms with van der Waals surface area (Å²) in [6, 6.07) is 5.89. The van der Waals surface area contributed by atoms with Gasteiger partial charge in [-0.3, -0.25) is 0 Å². The highest BCUT2D eigenvalue weighted by Crippen LogP contribution is 2.34. The van der Waals surface area contributed by atoms with Gasteiger partial charge in [0.1, 0.15) is 11.9 Å². The van der Waals surface area contributed by atoms with Gasteiger partial charge in [0.25, 0.3) is 0 Å². The molecule has 0 aromatic heterocycles. The molecule has 172 valence electrons. The van der Waals surface area contributed by atoms with E-state index in [1.807, 2.05) is 45.9 Å². The van der Waals surface area contributed by atoms with Crippen molar-refractivity contribution < 1.29 is 18.8 Å². The highest BCUT2D eigenvalue weighted by Gasteiger charge is 2.27. The quantitative estimate of drug-likeness (QED) is 0.396. The lowest BCUT2D eigenvalue weighted by Gasteiger charge is -2.32. The molecular weight excluding hydrogens is 418 g/mol. The lowest BCUT2D eigenvalue weighted by molar-refractivity contribution is -0.106. The lowest BCUT2D eigenvalue weighted by atomic mass is 9.96. The summed E-state index contributed by atoms with van der Waals surface area (Å²) in [5.74, 6) is 0. The number of carbonyl (C=O) groups is 2. The van der Waals surface area contributed by atoms with Crippen molar-refractivity contribution in [2.75, 3.05) is 6.54 Å². The number of hydrogen-bond acceptors (Lipinski definition) is 4. The fourth-order valence-electron chi connectivity index (χ4n) is 2.46. The number of hydrogen-bond donors (Lipinski definition) is 0. The summed E-state index contributed by atoms with van der Waals surface area (Å²) in [6.45, 7) is 20.8. The Labute approximate surface area is 190 Å². The van der Waals surface area contributed by atoms with Crippen molar-refractivity contribution in [3.63, 3.8) is 0 Å². The largest absolute Gasteiger partial charge is 0.444 e. The van der Waals surface area contributed by atoms with Crippen LogP contribution in [0.3, 0.4) is 0 Å². The molecule has 7 heteroatoms. The highest BCUT2D eigenvalue weighted by molar-refractivity contribution is 6.32. The van der Waals surface area contributed by atoms with Gasteiger partial charge in [0.2, 0.25) is 0 Å². The minimum Gasteiger partial charge on any atom is -0.444 e. The van der Waals surface area contributed by atoms with Crippen molar-refractivity contribution in [2.45, 2.75) is 92.0 Å². The fraction of sp³-hybridized carbons (Fsp3) is 0.652. The summed E-state index contributed by atoms with van der Waals surface area (Å²) in [5, 5.41) is 0.892. The monoisotopic (exact) mass is 457 g/mol. The third-order valence-electron chi connectivity index (χ3n) is 3.95. The van der Waals surface area contributed by atoms with E-state index in [1.54, 1.807) is 4.90 Å². The molecule has 0 saturated heterocycles. The van der Waals surface area contributed by atoms with Crippen molar-refractivity contribution in [3.8, 4) is 0 Å². The number of benzene rings is 1. The molecule has 0 bridgehead atoms. The summed E-state index contributed by atoms with van der Waals surface area (Å²) in [6.07, 6.45) is 0.442. The van der Waals surface area contributed by atoms with Crippen LogP contribution in [0.4, 0.5) is 4.79 Å². The average Bonchev–Trinajstić information content (AvgIpc) is 2.57. The van der Waals surface area contributed by atoms with Crippen LogP contribution in [0.1, 0.15) is 80.4 Å². The van der Waals surface area contributed by atoms with E-state index in [1.165, 1.54) is 6.92 Å². The standard InChI is InChI=1S/C21H36ClNO3Si.C2H4O/c1-10-23(18(24)25-19(2,3)4)14-15-11-12-17(22)16(13-15)21(8,9)26-27-20(5,6)7;1-2-3/h11-13H,10,14,27H2,1-9H3;2H,1H3. The van der Waals surface area contributed by atoms with Gasteiger partial charge in [0.15, 0.2) is 9.76 Å². The maximum Gasteiger partial charge on any atom is 0.410 e. The Bertz CT molecular complexity index is 693. The molecule has 1 aromatic rings. The smallest absolute Gasteiger partial charge is 0.410 e. The van der Waals surface area contributed by atoms with E-state index in [0.717, 1.165) is 17.4 Å². The van der Waals surface area contributed by atoms with Gasteiger partial charge < -0.3 is 18.9 Å². The van der Waals surface area contributed by atoms with Crippen LogP contribution < -0.4 is 0 Å². The van der Waals surface area contributed by atoms with Crippen LogP contribution in [-0.2, 0) is 26.1 Å². The third kappa shape index (κ3) is 11.1. The van der Waals surface area contributed by atoms with Crippen molar-refractivity contribution in [1.29, 1.82) is 0 Å². The zero-order valence-corrected chi connectivity index (χ0v) is 22.6. The number of carbonyl (C=O) groups excluding carboxylic acids is 2. The number of amides is 1. The first kappa shape index (κ1) is 28.6. The Morgan fingerprint density at radius 1 is 1.13 bits per heavy atom. The van der Waals surface area contributed by atoms with E-state index in [4.69, 9.17) is 25.6 Å². The van der Waals surface area contributed by atoms with Crippen LogP contribution in [0.15, 0.2) is 18.2 Å². The second kappa shape index (κ2) is 11.9. The molecule has 1 aromatic carbocycles. The first-order chi connectivity index (χ1) is 13.6. The average molecular weight is 458 g/mol. The van der Waals surface area contributed by atoms with Gasteiger partial charge in [-0.25, -0.2) is 4.79 Å². The van der Waals surface area contributed by atoms with Gasteiger partial charge in [-0.2, -0.15) is 0 Å². The molecule has 0 radical (unpaired) electrons. The van der Waals surface area contributed by atoms with Gasteiger partial charge in [0, 0.05) is 23.7 Å². The molecule has 0 unspecified atom stereocenters. The lowest BCUT2D eigenvalue weighted by Crippen LogP contribution is -2.36. The fourth-order valence-corrected chi connectivity index (χ4v) is 3.75. The van der Waals surface area contributed by atoms with Crippen molar-refractivity contribution in [3.05, 3.63) is 34.3 Å². The molecule has 1 amide bonds. The second-order valence-electron chi connectivity index (χ2n) is 9.90. The predicted molar refractivity (Wildman–Crippen MR) is 128 cm³/mol. The van der Waals surface area contributed by atoms with E-state index < -0.39 is 21.0 Å². The number of aldehydes is 1. The van der Waals surface area contributed by atoms with Crippen molar-refractivity contribution >= 4 is 33.7 Å². The maximum absolute atomic E-state index is 12.4. The molecule has 0 atom stereocenters. The zero-order valence-electron chi connectivity index (χ0n) is 20.4. The summed E-state index contributed by atoms with van der Waals surface area (Å²) in [4.78, 5) is 22.9. The number of nitrogens with zero attached hydrogens (tertiary/aromatic N) is 1. The molecule has 0 heterocycles. The zero-order chi connectivity index (χ0) is 23.8. The summed E-state index contributed by atoms with van der Waals surface area (Å²) in [7, 11) is -0.729. The van der Waals surface area contributed by atoms with Gasteiger partial charge in [-0.15, -0.1) is 0 Å². The number of rotatable bonds is 6. The third-order valence-corrected chi connectivity index (χ3v) is 6.01. The Kier molecular flexibility index (Phi) is 11.3. The Hall–Kier alpha value is -1.37. The molecule has 0 aliphatic heterocycles. The van der Waals surface area contributed by atoms with Gasteiger partial charge in [-0.1, -0.05) is 38.4 Å². The molecule has 1 rings (SSSR count). The van der Waals surface area contributed by atoms with E-state index in [2.05, 4.69) is 34.6 Å². The molecule has 30 heavy (non-hydrogen) atoms. The minimum absolute atomic E-state index is 0.205. The minimum atomic E-state index is -0.729. The molecule has 0 spiro atoms. The molecule has 0 N–H and O–H groups in total. The van der Waals surface area contributed by atoms with Crippen LogP contribution in [0.5, 0.6) is 0 Å². The van der Waals surface area contributed by atoms with Crippen LogP contribution >= 0.6 is 11.6 Å². The number of halogens is 1. The van der Waals surface area contributed by atoms with Gasteiger partial charge in [0.05, 0.1) is 5.60 Å². The summed E-state index contributed by atoms with van der Waals surface area (Å²) >= 11 is 6.48. The highest BCUT2D eigenvalue weighted by atomic mass is 35.5. The van der Waals surface area contributed by atoms with E-state index in [0.29, 0.717) is 18.1 Å². The van der Waals surface area contributed by atoms with E-state index >= 15 is 0 Å². The molecule has 5 nitrogen and oxygen atoms in total. The summed E-state index contributed by atoms with van der Waals surface area (Å²) < 4.78 is 11.8. The number of ether oxygens (including phenoxy) is 1. The second-order valence-corrected chi connectivity index (χ2v) is 13.0. The first-order valence-electron chi connectivity index (χ1n) is 10.4. The molecule has 0 aliphatic carbocycles. The van der Waals surface area contributed by atoms with Crippen molar-refractivity contribution in [1.82, 2.24) is 4.90 Å². The SMILES string of the molecule is CC=O.CCN(Cc1ccc(Cl)c(C(C)(C)O[SiH2]C(C)(C)C)c1)C(=O)OC(C)(C)C.